The van der Waals surface area contributed by atoms with Crippen LogP contribution in [-0.4, -0.2) is 4.98 Å². The van der Waals surface area contributed by atoms with E-state index >= 15 is 0 Å². The summed E-state index contributed by atoms with van der Waals surface area (Å²) in [5, 5.41) is 12.1. The summed E-state index contributed by atoms with van der Waals surface area (Å²) in [6.45, 7) is 1.87. The Kier molecular flexibility index (Phi) is 3.62. The smallest absolute Gasteiger partial charge is 0.144 e. The quantitative estimate of drug-likeness (QED) is 0.885. The zero-order valence-corrected chi connectivity index (χ0v) is 10.4. The maximum Gasteiger partial charge on any atom is 0.144 e. The normalized spacial score (nSPS) is 11.6. The van der Waals surface area contributed by atoms with Crippen molar-refractivity contribution in [1.82, 2.24) is 4.98 Å². The Morgan fingerprint density at radius 2 is 2.21 bits per heavy atom. The Labute approximate surface area is 110 Å². The molecule has 0 saturated heterocycles. The molecule has 0 aliphatic rings. The fourth-order valence-corrected chi connectivity index (χ4v) is 1.75. The van der Waals surface area contributed by atoms with Crippen LogP contribution < -0.4 is 11.1 Å². The van der Waals surface area contributed by atoms with Crippen molar-refractivity contribution in [3.63, 3.8) is 0 Å². The topological polar surface area (TPSA) is 74.7 Å². The van der Waals surface area contributed by atoms with E-state index in [0.717, 1.165) is 5.56 Å². The Morgan fingerprint density at radius 1 is 1.42 bits per heavy atom. The Morgan fingerprint density at radius 3 is 2.89 bits per heavy atom. The number of anilines is 2. The van der Waals surface area contributed by atoms with E-state index in [-0.39, 0.29) is 11.9 Å². The summed E-state index contributed by atoms with van der Waals surface area (Å²) in [4.78, 5) is 4.08. The summed E-state index contributed by atoms with van der Waals surface area (Å²) in [6, 6.07) is 9.69. The van der Waals surface area contributed by atoms with Crippen LogP contribution in [0.1, 0.15) is 24.1 Å². The number of halogens is 1. The number of nitrogen functional groups attached to an aromatic ring is 1. The molecule has 0 amide bonds. The first-order valence-electron chi connectivity index (χ1n) is 5.78. The van der Waals surface area contributed by atoms with Crippen LogP contribution in [0.2, 0.25) is 0 Å². The number of nitrogens with one attached hydrogen (secondary N) is 1. The average Bonchev–Trinajstić information content (AvgIpc) is 2.40. The van der Waals surface area contributed by atoms with Gasteiger partial charge in [0.05, 0.1) is 23.5 Å². The summed E-state index contributed by atoms with van der Waals surface area (Å²) in [5.41, 5.74) is 7.15. The van der Waals surface area contributed by atoms with Gasteiger partial charge in [0.25, 0.3) is 0 Å². The summed E-state index contributed by atoms with van der Waals surface area (Å²) in [7, 11) is 0. The maximum atomic E-state index is 13.2. The second-order valence-electron chi connectivity index (χ2n) is 4.20. The molecule has 1 aromatic heterocycles. The van der Waals surface area contributed by atoms with Gasteiger partial charge in [-0.05, 0) is 30.7 Å². The second-order valence-corrected chi connectivity index (χ2v) is 4.20. The van der Waals surface area contributed by atoms with E-state index in [9.17, 15) is 4.39 Å². The van der Waals surface area contributed by atoms with Crippen LogP contribution >= 0.6 is 0 Å². The molecule has 0 fully saturated rings. The molecular weight excluding hydrogens is 243 g/mol. The number of hydrogen-bond acceptors (Lipinski definition) is 4. The standard InChI is InChI=1S/C14H13FN4/c1-9(10-3-2-4-12(15)5-10)19-14-11(7-16)6-13(17)8-18-14/h2-6,8-9H,17H2,1H3,(H,18,19). The minimum Gasteiger partial charge on any atom is -0.397 e. The van der Waals surface area contributed by atoms with Crippen molar-refractivity contribution in [2.24, 2.45) is 0 Å². The number of benzene rings is 1. The molecule has 2 rings (SSSR count). The van der Waals surface area contributed by atoms with E-state index in [2.05, 4.69) is 10.3 Å². The first-order valence-corrected chi connectivity index (χ1v) is 5.78. The average molecular weight is 256 g/mol. The van der Waals surface area contributed by atoms with Gasteiger partial charge in [0.15, 0.2) is 0 Å². The monoisotopic (exact) mass is 256 g/mol. The highest BCUT2D eigenvalue weighted by molar-refractivity contribution is 5.58. The first-order chi connectivity index (χ1) is 9.10. The number of nitrogens with zero attached hydrogens (tertiary/aromatic N) is 2. The minimum atomic E-state index is -0.295. The molecule has 0 radical (unpaired) electrons. The SMILES string of the molecule is CC(Nc1ncc(N)cc1C#N)c1cccc(F)c1. The number of aromatic nitrogens is 1. The van der Waals surface area contributed by atoms with Crippen molar-refractivity contribution < 1.29 is 4.39 Å². The molecule has 0 bridgehead atoms. The lowest BCUT2D eigenvalue weighted by molar-refractivity contribution is 0.623. The lowest BCUT2D eigenvalue weighted by Crippen LogP contribution is -2.09. The number of pyridine rings is 1. The van der Waals surface area contributed by atoms with E-state index in [1.54, 1.807) is 12.1 Å². The molecule has 3 N–H and O–H groups in total. The van der Waals surface area contributed by atoms with E-state index in [1.807, 2.05) is 19.1 Å². The molecule has 0 aliphatic heterocycles. The minimum absolute atomic E-state index is 0.168. The number of nitriles is 1. The van der Waals surface area contributed by atoms with Crippen LogP contribution in [-0.2, 0) is 0 Å². The van der Waals surface area contributed by atoms with E-state index in [4.69, 9.17) is 11.0 Å². The predicted molar refractivity (Wildman–Crippen MR) is 71.8 cm³/mol. The van der Waals surface area contributed by atoms with Crippen molar-refractivity contribution in [3.8, 4) is 6.07 Å². The van der Waals surface area contributed by atoms with Gasteiger partial charge in [-0.2, -0.15) is 5.26 Å². The summed E-state index contributed by atoms with van der Waals surface area (Å²) in [6.07, 6.45) is 1.47. The van der Waals surface area contributed by atoms with Gasteiger partial charge in [-0.25, -0.2) is 9.37 Å². The number of rotatable bonds is 3. The third kappa shape index (κ3) is 2.99. The molecule has 1 unspecified atom stereocenters. The molecule has 2 aromatic rings. The van der Waals surface area contributed by atoms with Gasteiger partial charge < -0.3 is 11.1 Å². The molecule has 5 heteroatoms. The highest BCUT2D eigenvalue weighted by atomic mass is 19.1. The van der Waals surface area contributed by atoms with Crippen molar-refractivity contribution in [2.75, 3.05) is 11.1 Å². The number of hydrogen-bond donors (Lipinski definition) is 2. The Balaban J connectivity index is 2.24. The zero-order chi connectivity index (χ0) is 13.8. The molecule has 0 saturated carbocycles. The van der Waals surface area contributed by atoms with Crippen LogP contribution in [0, 0.1) is 17.1 Å². The van der Waals surface area contributed by atoms with Gasteiger partial charge in [-0.1, -0.05) is 12.1 Å². The van der Waals surface area contributed by atoms with Crippen LogP contribution in [0.5, 0.6) is 0 Å². The fourth-order valence-electron chi connectivity index (χ4n) is 1.75. The molecule has 0 aliphatic carbocycles. The second kappa shape index (κ2) is 5.36. The molecule has 96 valence electrons. The van der Waals surface area contributed by atoms with Crippen LogP contribution in [0.4, 0.5) is 15.9 Å². The lowest BCUT2D eigenvalue weighted by Gasteiger charge is -2.16. The third-order valence-corrected chi connectivity index (χ3v) is 2.73. The van der Waals surface area contributed by atoms with Crippen molar-refractivity contribution in [1.29, 1.82) is 5.26 Å². The first kappa shape index (κ1) is 12.8. The third-order valence-electron chi connectivity index (χ3n) is 2.73. The highest BCUT2D eigenvalue weighted by Gasteiger charge is 2.10. The molecule has 0 spiro atoms. The summed E-state index contributed by atoms with van der Waals surface area (Å²) in [5.74, 6) is 0.144. The van der Waals surface area contributed by atoms with Crippen LogP contribution in [0.15, 0.2) is 36.5 Å². The fraction of sp³-hybridized carbons (Fsp3) is 0.143. The van der Waals surface area contributed by atoms with E-state index in [1.165, 1.54) is 18.3 Å². The lowest BCUT2D eigenvalue weighted by atomic mass is 10.1. The van der Waals surface area contributed by atoms with Gasteiger partial charge >= 0.3 is 0 Å². The van der Waals surface area contributed by atoms with Gasteiger partial charge in [-0.15, -0.1) is 0 Å². The van der Waals surface area contributed by atoms with Crippen LogP contribution in [0.3, 0.4) is 0 Å². The molecule has 1 heterocycles. The maximum absolute atomic E-state index is 13.2. The zero-order valence-electron chi connectivity index (χ0n) is 10.4. The number of nitrogens with two attached hydrogens (primary N) is 1. The van der Waals surface area contributed by atoms with E-state index in [0.29, 0.717) is 17.1 Å². The van der Waals surface area contributed by atoms with Gasteiger partial charge in [0.1, 0.15) is 17.7 Å². The Bertz CT molecular complexity index is 634. The van der Waals surface area contributed by atoms with Crippen molar-refractivity contribution in [2.45, 2.75) is 13.0 Å². The van der Waals surface area contributed by atoms with Crippen molar-refractivity contribution >= 4 is 11.5 Å². The molecular formula is C14H13FN4. The van der Waals surface area contributed by atoms with Crippen molar-refractivity contribution in [3.05, 3.63) is 53.5 Å². The summed E-state index contributed by atoms with van der Waals surface area (Å²) < 4.78 is 13.2. The largest absolute Gasteiger partial charge is 0.397 e. The molecule has 1 aromatic carbocycles. The molecule has 1 atom stereocenters. The van der Waals surface area contributed by atoms with Crippen LogP contribution in [0.25, 0.3) is 0 Å². The van der Waals surface area contributed by atoms with Gasteiger partial charge in [-0.3, -0.25) is 0 Å². The van der Waals surface area contributed by atoms with E-state index < -0.39 is 0 Å². The molecule has 4 nitrogen and oxygen atoms in total. The van der Waals surface area contributed by atoms with Gasteiger partial charge in [0, 0.05) is 0 Å². The predicted octanol–water partition coefficient (Wildman–Crippen LogP) is 2.85. The summed E-state index contributed by atoms with van der Waals surface area (Å²) >= 11 is 0. The van der Waals surface area contributed by atoms with Gasteiger partial charge in [0.2, 0.25) is 0 Å². The Hall–Kier alpha value is -2.61. The molecule has 19 heavy (non-hydrogen) atoms. The highest BCUT2D eigenvalue weighted by Crippen LogP contribution is 2.21.